The van der Waals surface area contributed by atoms with E-state index in [2.05, 4.69) is 16.9 Å². The fourth-order valence-corrected chi connectivity index (χ4v) is 3.74. The summed E-state index contributed by atoms with van der Waals surface area (Å²) < 4.78 is 6.93. The van der Waals surface area contributed by atoms with Crippen LogP contribution in [0.5, 0.6) is 0 Å². The minimum absolute atomic E-state index is 0.146. The molecule has 0 radical (unpaired) electrons. The Hall–Kier alpha value is -1.62. The van der Waals surface area contributed by atoms with E-state index < -0.39 is 5.41 Å². The highest BCUT2D eigenvalue weighted by Crippen LogP contribution is 2.50. The number of carbonyl (C=O) groups is 1. The molecule has 21 heavy (non-hydrogen) atoms. The minimum atomic E-state index is -0.452. The molecule has 1 saturated carbocycles. The van der Waals surface area contributed by atoms with Crippen LogP contribution in [0.3, 0.4) is 0 Å². The maximum absolute atomic E-state index is 12.0. The Bertz CT molecular complexity index is 714. The summed E-state index contributed by atoms with van der Waals surface area (Å²) in [6.45, 7) is 4.11. The topological polar surface area (TPSA) is 56.5 Å². The van der Waals surface area contributed by atoms with Gasteiger partial charge in [0, 0.05) is 17.8 Å². The second kappa shape index (κ2) is 4.70. The van der Waals surface area contributed by atoms with Gasteiger partial charge in [0.1, 0.15) is 11.3 Å². The highest BCUT2D eigenvalue weighted by molar-refractivity contribution is 6.32. The molecule has 0 bridgehead atoms. The number of imidazole rings is 1. The molecule has 112 valence electrons. The predicted molar refractivity (Wildman–Crippen MR) is 79.3 cm³/mol. The number of rotatable bonds is 2. The molecule has 2 unspecified atom stereocenters. The Balaban J connectivity index is 2.03. The lowest BCUT2D eigenvalue weighted by molar-refractivity contribution is -0.151. The molecule has 1 aliphatic carbocycles. The average Bonchev–Trinajstić information content (AvgIpc) is 3.02. The first-order valence-electron chi connectivity index (χ1n) is 6.96. The molecule has 0 aromatic carbocycles. The predicted octanol–water partition coefficient (Wildman–Crippen LogP) is 3.00. The molecule has 2 aromatic heterocycles. The van der Waals surface area contributed by atoms with Gasteiger partial charge in [-0.05, 0) is 26.2 Å². The smallest absolute Gasteiger partial charge is 0.311 e. The lowest BCUT2D eigenvalue weighted by Gasteiger charge is -2.26. The number of nitrogens with zero attached hydrogens (tertiary/aromatic N) is 3. The monoisotopic (exact) mass is 307 g/mol. The zero-order chi connectivity index (χ0) is 15.3. The van der Waals surface area contributed by atoms with Crippen molar-refractivity contribution in [3.63, 3.8) is 0 Å². The number of hydrogen-bond acceptors (Lipinski definition) is 4. The second-order valence-electron chi connectivity index (χ2n) is 6.34. The van der Waals surface area contributed by atoms with Gasteiger partial charge in [0.25, 0.3) is 0 Å². The third kappa shape index (κ3) is 2.11. The molecule has 0 N–H and O–H groups in total. The van der Waals surface area contributed by atoms with Crippen LogP contribution in [0.2, 0.25) is 5.15 Å². The first-order chi connectivity index (χ1) is 9.89. The van der Waals surface area contributed by atoms with Crippen LogP contribution in [-0.4, -0.2) is 27.4 Å². The number of hydrogen-bond donors (Lipinski definition) is 0. The van der Waals surface area contributed by atoms with E-state index in [1.54, 1.807) is 12.4 Å². The lowest BCUT2D eigenvalue weighted by atomic mass is 9.81. The molecule has 0 saturated heterocycles. The van der Waals surface area contributed by atoms with E-state index in [1.165, 1.54) is 7.11 Å². The van der Waals surface area contributed by atoms with Crippen molar-refractivity contribution in [3.8, 4) is 0 Å². The van der Waals surface area contributed by atoms with Gasteiger partial charge in [-0.15, -0.1) is 0 Å². The van der Waals surface area contributed by atoms with Crippen molar-refractivity contribution in [2.45, 2.75) is 38.5 Å². The SMILES string of the molecule is COC(=O)C1(C)CCC(C)(c2ncc3c(Cl)nccn23)C1. The summed E-state index contributed by atoms with van der Waals surface area (Å²) in [7, 11) is 1.44. The standard InChI is InChI=1S/C15H18ClN3O2/c1-14(4-5-15(2,9-14)13(20)21-3)12-18-8-10-11(16)17-6-7-19(10)12/h6-8H,4-5,9H2,1-3H3. The summed E-state index contributed by atoms with van der Waals surface area (Å²) in [5.74, 6) is 0.779. The second-order valence-corrected chi connectivity index (χ2v) is 6.70. The summed E-state index contributed by atoms with van der Waals surface area (Å²) in [6, 6.07) is 0. The van der Waals surface area contributed by atoms with Gasteiger partial charge in [0.15, 0.2) is 5.15 Å². The number of esters is 1. The van der Waals surface area contributed by atoms with Crippen LogP contribution in [0, 0.1) is 5.41 Å². The normalized spacial score (nSPS) is 29.0. The fourth-order valence-electron chi connectivity index (χ4n) is 3.54. The van der Waals surface area contributed by atoms with Crippen molar-refractivity contribution >= 4 is 23.1 Å². The molecule has 2 heterocycles. The highest BCUT2D eigenvalue weighted by atomic mass is 35.5. The van der Waals surface area contributed by atoms with Gasteiger partial charge in [0.05, 0.1) is 18.7 Å². The van der Waals surface area contributed by atoms with E-state index in [4.69, 9.17) is 16.3 Å². The molecule has 5 nitrogen and oxygen atoms in total. The molecule has 3 rings (SSSR count). The van der Waals surface area contributed by atoms with E-state index in [-0.39, 0.29) is 11.4 Å². The van der Waals surface area contributed by atoms with Crippen molar-refractivity contribution in [1.82, 2.24) is 14.4 Å². The maximum Gasteiger partial charge on any atom is 0.311 e. The van der Waals surface area contributed by atoms with Crippen LogP contribution >= 0.6 is 11.6 Å². The molecule has 1 aliphatic rings. The van der Waals surface area contributed by atoms with Crippen molar-refractivity contribution in [2.24, 2.45) is 5.41 Å². The number of methoxy groups -OCH3 is 1. The Morgan fingerprint density at radius 3 is 2.86 bits per heavy atom. The quantitative estimate of drug-likeness (QED) is 0.800. The molecule has 0 spiro atoms. The summed E-state index contributed by atoms with van der Waals surface area (Å²) in [6.07, 6.45) is 7.66. The molecule has 1 fully saturated rings. The van der Waals surface area contributed by atoms with Crippen LogP contribution in [0.15, 0.2) is 18.6 Å². The van der Waals surface area contributed by atoms with Gasteiger partial charge >= 0.3 is 5.97 Å². The third-order valence-electron chi connectivity index (χ3n) is 4.64. The summed E-state index contributed by atoms with van der Waals surface area (Å²) in [5, 5.41) is 0.438. The van der Waals surface area contributed by atoms with E-state index in [0.29, 0.717) is 11.6 Å². The van der Waals surface area contributed by atoms with Crippen molar-refractivity contribution < 1.29 is 9.53 Å². The van der Waals surface area contributed by atoms with Gasteiger partial charge in [-0.2, -0.15) is 0 Å². The number of halogens is 1. The number of ether oxygens (including phenoxy) is 1. The number of carbonyl (C=O) groups excluding carboxylic acids is 1. The molecule has 6 heteroatoms. The number of fused-ring (bicyclic) bond motifs is 1. The zero-order valence-corrected chi connectivity index (χ0v) is 13.1. The lowest BCUT2D eigenvalue weighted by Crippen LogP contribution is -2.30. The van der Waals surface area contributed by atoms with E-state index in [9.17, 15) is 4.79 Å². The number of aromatic nitrogens is 3. The van der Waals surface area contributed by atoms with E-state index >= 15 is 0 Å². The summed E-state index contributed by atoms with van der Waals surface area (Å²) in [5.41, 5.74) is 0.161. The average molecular weight is 308 g/mol. The van der Waals surface area contributed by atoms with Crippen molar-refractivity contribution in [3.05, 3.63) is 29.6 Å². The van der Waals surface area contributed by atoms with E-state index in [1.807, 2.05) is 17.5 Å². The fraction of sp³-hybridized carbons (Fsp3) is 0.533. The summed E-state index contributed by atoms with van der Waals surface area (Å²) in [4.78, 5) is 20.6. The van der Waals surface area contributed by atoms with Crippen LogP contribution in [0.4, 0.5) is 0 Å². The molecule has 0 amide bonds. The van der Waals surface area contributed by atoms with E-state index in [0.717, 1.165) is 24.2 Å². The van der Waals surface area contributed by atoms with Crippen LogP contribution in [0.25, 0.3) is 5.52 Å². The Kier molecular flexibility index (Phi) is 3.20. The third-order valence-corrected chi connectivity index (χ3v) is 4.93. The van der Waals surface area contributed by atoms with Gasteiger partial charge in [-0.25, -0.2) is 9.97 Å². The molecule has 2 aromatic rings. The van der Waals surface area contributed by atoms with Gasteiger partial charge in [-0.1, -0.05) is 18.5 Å². The highest BCUT2D eigenvalue weighted by Gasteiger charge is 2.50. The molecule has 2 atom stereocenters. The zero-order valence-electron chi connectivity index (χ0n) is 12.4. The molecule has 0 aliphatic heterocycles. The van der Waals surface area contributed by atoms with Gasteiger partial charge < -0.3 is 4.74 Å². The first-order valence-corrected chi connectivity index (χ1v) is 7.34. The Morgan fingerprint density at radius 1 is 1.38 bits per heavy atom. The largest absolute Gasteiger partial charge is 0.469 e. The Morgan fingerprint density at radius 2 is 2.14 bits per heavy atom. The van der Waals surface area contributed by atoms with Crippen molar-refractivity contribution in [1.29, 1.82) is 0 Å². The van der Waals surface area contributed by atoms with Crippen molar-refractivity contribution in [2.75, 3.05) is 7.11 Å². The maximum atomic E-state index is 12.0. The van der Waals surface area contributed by atoms with Crippen LogP contribution in [-0.2, 0) is 14.9 Å². The first kappa shape index (κ1) is 14.3. The minimum Gasteiger partial charge on any atom is -0.469 e. The van der Waals surface area contributed by atoms with Gasteiger partial charge in [-0.3, -0.25) is 9.20 Å². The Labute approximate surface area is 128 Å². The summed E-state index contributed by atoms with van der Waals surface area (Å²) >= 11 is 6.11. The molecular weight excluding hydrogens is 290 g/mol. The van der Waals surface area contributed by atoms with Crippen LogP contribution < -0.4 is 0 Å². The van der Waals surface area contributed by atoms with Gasteiger partial charge in [0.2, 0.25) is 0 Å². The van der Waals surface area contributed by atoms with Crippen LogP contribution in [0.1, 0.15) is 38.9 Å². The molecular formula is C15H18ClN3O2.